The zero-order valence-corrected chi connectivity index (χ0v) is 20.0. The second kappa shape index (κ2) is 11.4. The standard InChI is InChI=1S/C26H25N5O6/c1-37-29-20-14-23(25(33)28-15-24(32)18-9-11-21(12-10-18)31(35)36)30(16-20)26(34)19-7-5-17(6-8-19)22-4-2-3-13-27-22/h2-13,23-24,32H,14-16H2,1H3,(H,28,33)/b29-20-/t23?,24-/m1/s1. The molecule has 2 N–H and O–H groups in total. The number of nitrogens with zero attached hydrogens (tertiary/aromatic N) is 4. The van der Waals surface area contributed by atoms with Gasteiger partial charge in [-0.3, -0.25) is 24.7 Å². The van der Waals surface area contributed by atoms with Crippen LogP contribution in [-0.4, -0.2) is 63.7 Å². The number of nitrogens with one attached hydrogen (secondary N) is 1. The summed E-state index contributed by atoms with van der Waals surface area (Å²) < 4.78 is 0. The molecule has 0 saturated carbocycles. The van der Waals surface area contributed by atoms with Gasteiger partial charge >= 0.3 is 0 Å². The fourth-order valence-electron chi connectivity index (χ4n) is 4.08. The lowest BCUT2D eigenvalue weighted by molar-refractivity contribution is -0.384. The molecule has 2 aromatic carbocycles. The second-order valence-electron chi connectivity index (χ2n) is 8.39. The number of oxime groups is 1. The molecule has 0 spiro atoms. The molecule has 190 valence electrons. The Labute approximate surface area is 212 Å². The molecule has 0 aliphatic carbocycles. The van der Waals surface area contributed by atoms with Crippen molar-refractivity contribution in [3.8, 4) is 11.3 Å². The Balaban J connectivity index is 1.45. The van der Waals surface area contributed by atoms with Crippen LogP contribution in [0.2, 0.25) is 0 Å². The van der Waals surface area contributed by atoms with Crippen molar-refractivity contribution in [1.82, 2.24) is 15.2 Å². The third-order valence-electron chi connectivity index (χ3n) is 5.99. The fraction of sp³-hybridized carbons (Fsp3) is 0.231. The van der Waals surface area contributed by atoms with Gasteiger partial charge in [0, 0.05) is 42.4 Å². The van der Waals surface area contributed by atoms with E-state index in [9.17, 15) is 24.8 Å². The van der Waals surface area contributed by atoms with Crippen molar-refractivity contribution in [2.24, 2.45) is 5.16 Å². The molecule has 1 fully saturated rings. The summed E-state index contributed by atoms with van der Waals surface area (Å²) in [5, 5.41) is 27.9. The lowest BCUT2D eigenvalue weighted by Gasteiger charge is -2.24. The highest BCUT2D eigenvalue weighted by Gasteiger charge is 2.38. The largest absolute Gasteiger partial charge is 0.399 e. The number of benzene rings is 2. The molecule has 1 aromatic heterocycles. The second-order valence-corrected chi connectivity index (χ2v) is 8.39. The monoisotopic (exact) mass is 503 g/mol. The Morgan fingerprint density at radius 2 is 1.92 bits per heavy atom. The fourth-order valence-corrected chi connectivity index (χ4v) is 4.08. The smallest absolute Gasteiger partial charge is 0.269 e. The van der Waals surface area contributed by atoms with Gasteiger partial charge in [0.2, 0.25) is 5.91 Å². The van der Waals surface area contributed by atoms with Gasteiger partial charge in [0.25, 0.3) is 11.6 Å². The summed E-state index contributed by atoms with van der Waals surface area (Å²) in [5.41, 5.74) is 2.90. The minimum absolute atomic E-state index is 0.0990. The maximum atomic E-state index is 13.3. The average molecular weight is 504 g/mol. The number of amides is 2. The van der Waals surface area contributed by atoms with E-state index in [1.54, 1.807) is 30.5 Å². The van der Waals surface area contributed by atoms with E-state index < -0.39 is 23.0 Å². The number of nitro benzene ring substituents is 1. The highest BCUT2D eigenvalue weighted by Crippen LogP contribution is 2.23. The quantitative estimate of drug-likeness (QED) is 0.355. The minimum atomic E-state index is -1.08. The van der Waals surface area contributed by atoms with Crippen LogP contribution in [0.25, 0.3) is 11.3 Å². The Morgan fingerprint density at radius 3 is 2.54 bits per heavy atom. The van der Waals surface area contributed by atoms with Crippen LogP contribution in [0, 0.1) is 10.1 Å². The number of nitro groups is 1. The summed E-state index contributed by atoms with van der Waals surface area (Å²) in [6.45, 7) is -0.0115. The van der Waals surface area contributed by atoms with Crippen molar-refractivity contribution in [2.75, 3.05) is 20.2 Å². The van der Waals surface area contributed by atoms with Gasteiger partial charge in [-0.05, 0) is 42.0 Å². The van der Waals surface area contributed by atoms with Crippen LogP contribution in [0.5, 0.6) is 0 Å². The van der Waals surface area contributed by atoms with Crippen LogP contribution in [0.15, 0.2) is 78.1 Å². The summed E-state index contributed by atoms with van der Waals surface area (Å²) in [5.74, 6) is -0.800. The molecule has 1 aliphatic heterocycles. The van der Waals surface area contributed by atoms with Gasteiger partial charge in [-0.1, -0.05) is 23.4 Å². The number of aromatic nitrogens is 1. The number of aliphatic hydroxyl groups excluding tert-OH is 1. The number of carbonyl (C=O) groups excluding carboxylic acids is 2. The molecule has 2 heterocycles. The summed E-state index contributed by atoms with van der Waals surface area (Å²) in [4.78, 5) is 47.3. The molecule has 0 bridgehead atoms. The van der Waals surface area contributed by atoms with E-state index in [1.165, 1.54) is 36.3 Å². The Hall–Kier alpha value is -4.64. The topological polar surface area (TPSA) is 147 Å². The average Bonchev–Trinajstić information content (AvgIpc) is 3.36. The lowest BCUT2D eigenvalue weighted by atomic mass is 10.1. The summed E-state index contributed by atoms with van der Waals surface area (Å²) >= 11 is 0. The number of rotatable bonds is 8. The lowest BCUT2D eigenvalue weighted by Crippen LogP contribution is -2.46. The number of hydrogen-bond acceptors (Lipinski definition) is 8. The van der Waals surface area contributed by atoms with Gasteiger partial charge in [-0.15, -0.1) is 0 Å². The van der Waals surface area contributed by atoms with Crippen LogP contribution in [0.3, 0.4) is 0 Å². The predicted octanol–water partition coefficient (Wildman–Crippen LogP) is 2.72. The third kappa shape index (κ3) is 5.96. The number of aliphatic hydroxyl groups is 1. The van der Waals surface area contributed by atoms with Crippen LogP contribution < -0.4 is 5.32 Å². The molecule has 0 radical (unpaired) electrons. The molecule has 2 atom stereocenters. The molecule has 3 aromatic rings. The zero-order chi connectivity index (χ0) is 26.4. The van der Waals surface area contributed by atoms with E-state index in [1.807, 2.05) is 18.2 Å². The first kappa shape index (κ1) is 25.5. The van der Waals surface area contributed by atoms with E-state index in [-0.39, 0.29) is 31.1 Å². The zero-order valence-electron chi connectivity index (χ0n) is 20.0. The van der Waals surface area contributed by atoms with Crippen molar-refractivity contribution in [1.29, 1.82) is 0 Å². The van der Waals surface area contributed by atoms with Gasteiger partial charge < -0.3 is 20.2 Å². The number of pyridine rings is 1. The highest BCUT2D eigenvalue weighted by molar-refractivity contribution is 6.05. The van der Waals surface area contributed by atoms with Crippen molar-refractivity contribution < 1.29 is 24.5 Å². The predicted molar refractivity (Wildman–Crippen MR) is 135 cm³/mol. The molecule has 37 heavy (non-hydrogen) atoms. The van der Waals surface area contributed by atoms with E-state index in [2.05, 4.69) is 15.5 Å². The van der Waals surface area contributed by atoms with Crippen molar-refractivity contribution in [3.05, 3.63) is 94.2 Å². The Kier molecular flexibility index (Phi) is 7.84. The first-order valence-corrected chi connectivity index (χ1v) is 11.5. The van der Waals surface area contributed by atoms with Crippen LogP contribution in [0.1, 0.15) is 28.4 Å². The van der Waals surface area contributed by atoms with Gasteiger partial charge in [-0.25, -0.2) is 0 Å². The first-order valence-electron chi connectivity index (χ1n) is 11.5. The van der Waals surface area contributed by atoms with Gasteiger partial charge in [0.1, 0.15) is 13.2 Å². The number of likely N-dealkylation sites (tertiary alicyclic amines) is 1. The highest BCUT2D eigenvalue weighted by atomic mass is 16.6. The van der Waals surface area contributed by atoms with E-state index in [0.29, 0.717) is 16.8 Å². The number of non-ortho nitro benzene ring substituents is 1. The normalized spacial score (nSPS) is 16.9. The summed E-state index contributed by atoms with van der Waals surface area (Å²) in [6.07, 6.45) is 0.795. The maximum Gasteiger partial charge on any atom is 0.269 e. The third-order valence-corrected chi connectivity index (χ3v) is 5.99. The molecular formula is C26H25N5O6. The summed E-state index contributed by atoms with van der Waals surface area (Å²) in [6, 6.07) is 17.1. The molecule has 1 aliphatic rings. The molecular weight excluding hydrogens is 478 g/mol. The molecule has 11 nitrogen and oxygen atoms in total. The molecule has 2 amide bonds. The summed E-state index contributed by atoms with van der Waals surface area (Å²) in [7, 11) is 1.39. The van der Waals surface area contributed by atoms with Crippen molar-refractivity contribution in [3.63, 3.8) is 0 Å². The maximum absolute atomic E-state index is 13.3. The van der Waals surface area contributed by atoms with Gasteiger partial charge in [-0.2, -0.15) is 0 Å². The molecule has 11 heteroatoms. The van der Waals surface area contributed by atoms with Gasteiger partial charge in [0.05, 0.1) is 29.0 Å². The van der Waals surface area contributed by atoms with E-state index in [0.717, 1.165) is 11.3 Å². The van der Waals surface area contributed by atoms with Crippen molar-refractivity contribution >= 4 is 23.2 Å². The van der Waals surface area contributed by atoms with Crippen LogP contribution >= 0.6 is 0 Å². The van der Waals surface area contributed by atoms with Crippen LogP contribution in [-0.2, 0) is 9.63 Å². The molecule has 1 unspecified atom stereocenters. The molecule has 4 rings (SSSR count). The Bertz CT molecular complexity index is 1300. The number of carbonyl (C=O) groups is 2. The Morgan fingerprint density at radius 1 is 1.19 bits per heavy atom. The van der Waals surface area contributed by atoms with Crippen LogP contribution in [0.4, 0.5) is 5.69 Å². The molecule has 1 saturated heterocycles. The first-order chi connectivity index (χ1) is 17.9. The minimum Gasteiger partial charge on any atom is -0.399 e. The van der Waals surface area contributed by atoms with Crippen molar-refractivity contribution in [2.45, 2.75) is 18.6 Å². The SMILES string of the molecule is CO/N=C1/CC(C(=O)NC[C@@H](O)c2ccc([N+](=O)[O-])cc2)N(C(=O)c2ccc(-c3ccccn3)cc2)C1. The van der Waals surface area contributed by atoms with Gasteiger partial charge in [0.15, 0.2) is 0 Å². The number of hydrogen-bond donors (Lipinski definition) is 2. The van der Waals surface area contributed by atoms with E-state index >= 15 is 0 Å². The van der Waals surface area contributed by atoms with E-state index in [4.69, 9.17) is 4.84 Å².